The number of carbonyl (C=O) groups is 5. The van der Waals surface area contributed by atoms with E-state index in [4.69, 9.17) is 15.2 Å². The van der Waals surface area contributed by atoms with Gasteiger partial charge in [-0.25, -0.2) is 4.79 Å². The van der Waals surface area contributed by atoms with Crippen molar-refractivity contribution in [2.24, 2.45) is 11.7 Å². The van der Waals surface area contributed by atoms with Gasteiger partial charge in [-0.05, 0) is 53.6 Å². The van der Waals surface area contributed by atoms with Crippen LogP contribution in [0.2, 0.25) is 0 Å². The molecule has 2 aliphatic heterocycles. The lowest BCUT2D eigenvalue weighted by Crippen LogP contribution is -2.58. The van der Waals surface area contributed by atoms with Crippen molar-refractivity contribution in [1.29, 1.82) is 0 Å². The molecule has 0 saturated carbocycles. The second-order valence-electron chi connectivity index (χ2n) is 16.4. The zero-order valence-electron chi connectivity index (χ0n) is 36.9. The van der Waals surface area contributed by atoms with Crippen molar-refractivity contribution in [3.05, 3.63) is 87.5 Å². The number of hydrogen-bond donors (Lipinski definition) is 7. The highest BCUT2D eigenvalue weighted by Crippen LogP contribution is 2.44. The Bertz CT molecular complexity index is 2050. The van der Waals surface area contributed by atoms with Gasteiger partial charge in [0.05, 0.1) is 24.1 Å². The van der Waals surface area contributed by atoms with Crippen LogP contribution in [0.3, 0.4) is 0 Å². The van der Waals surface area contributed by atoms with E-state index in [2.05, 4.69) is 28.2 Å². The number of nitrogens with two attached hydrogens (primary N) is 1. The minimum Gasteiger partial charge on any atom is -0.504 e. The van der Waals surface area contributed by atoms with Crippen LogP contribution in [0.15, 0.2) is 60.7 Å². The van der Waals surface area contributed by atoms with Gasteiger partial charge < -0.3 is 46.7 Å². The number of nitrogens with zero attached hydrogens (tertiary/aromatic N) is 1. The van der Waals surface area contributed by atoms with Crippen molar-refractivity contribution >= 4 is 47.7 Å². The highest BCUT2D eigenvalue weighted by Gasteiger charge is 2.37. The number of phenolic OH excluding ortho intramolecular Hbond substituents is 1. The number of carboxylic acids is 1. The number of amides is 4. The smallest absolute Gasteiger partial charge is 0.328 e. The van der Waals surface area contributed by atoms with Crippen LogP contribution in [0, 0.1) is 16.0 Å². The Hall–Kier alpha value is -5.94. The molecule has 3 aromatic carbocycles. The molecular weight excluding hydrogens is 848 g/mol. The zero-order valence-corrected chi connectivity index (χ0v) is 37.7. The average Bonchev–Trinajstić information content (AvgIpc) is 3.23. The number of carbonyl (C=O) groups excluding carboxylic acids is 4. The van der Waals surface area contributed by atoms with Crippen molar-refractivity contribution in [3.8, 4) is 23.0 Å². The van der Waals surface area contributed by atoms with Gasteiger partial charge in [0.25, 0.3) is 0 Å². The van der Waals surface area contributed by atoms with E-state index in [-0.39, 0.29) is 72.4 Å². The van der Waals surface area contributed by atoms with Crippen molar-refractivity contribution in [3.63, 3.8) is 0 Å². The zero-order chi connectivity index (χ0) is 46.1. The number of aromatic hydroxyl groups is 1. The quantitative estimate of drug-likeness (QED) is 0.0352. The second-order valence-corrected chi connectivity index (χ2v) is 16.4. The van der Waals surface area contributed by atoms with E-state index in [9.17, 15) is 44.3 Å². The van der Waals surface area contributed by atoms with Gasteiger partial charge in [0.15, 0.2) is 17.5 Å². The molecule has 0 fully saturated rings. The summed E-state index contributed by atoms with van der Waals surface area (Å²) in [6.07, 6.45) is 8.89. The first kappa shape index (κ1) is 52.4. The number of methoxy groups -OCH3 is 1. The van der Waals surface area contributed by atoms with E-state index in [1.165, 1.54) is 44.2 Å². The van der Waals surface area contributed by atoms with Crippen molar-refractivity contribution in [2.75, 3.05) is 7.11 Å². The lowest BCUT2D eigenvalue weighted by atomic mass is 9.96. The molecule has 0 unspecified atom stereocenters. The standard InChI is InChI=1S/C46H62N6O11.ClH/c1-5-6-7-8-9-10-11-12-16-19-39(54)50-41(46(58)59)40-31-26-36(53)42(62-4)38(27-31)63-37-21-20-30(25-35(37)52(60)61)24-34(48-43(55)32(47)22-28(2)3)44(56)49-33(45(57)51-40)23-29-17-14-13-15-18-29;/h13-15,17-18,20-21,25-28,32-34,40-41,53H,5-12,16,19,22-24,47H2,1-4H3,(H,48,55)(H,49,56)(H,50,54)(H,51,57)(H,58,59);1H/t32-,33+,34-,40-,41+;/m1./s1. The summed E-state index contributed by atoms with van der Waals surface area (Å²) >= 11 is 0. The van der Waals surface area contributed by atoms with Crippen LogP contribution in [0.4, 0.5) is 5.69 Å². The van der Waals surface area contributed by atoms with Crippen LogP contribution >= 0.6 is 12.4 Å². The molecule has 5 atom stereocenters. The summed E-state index contributed by atoms with van der Waals surface area (Å²) in [4.78, 5) is 80.6. The molecule has 2 aliphatic rings. The number of unbranched alkanes of at least 4 members (excludes halogenated alkanes) is 8. The van der Waals surface area contributed by atoms with E-state index >= 15 is 0 Å². The highest BCUT2D eigenvalue weighted by molar-refractivity contribution is 5.94. The molecule has 17 nitrogen and oxygen atoms in total. The summed E-state index contributed by atoms with van der Waals surface area (Å²) in [7, 11) is 1.22. The van der Waals surface area contributed by atoms with Crippen molar-refractivity contribution in [1.82, 2.24) is 21.3 Å². The van der Waals surface area contributed by atoms with Gasteiger partial charge >= 0.3 is 11.7 Å². The lowest BCUT2D eigenvalue weighted by molar-refractivity contribution is -0.385. The van der Waals surface area contributed by atoms with Crippen LogP contribution in [-0.2, 0) is 36.8 Å². The number of carboxylic acid groups (broad SMARTS) is 1. The van der Waals surface area contributed by atoms with Gasteiger partial charge in [0, 0.05) is 25.3 Å². The van der Waals surface area contributed by atoms with E-state index in [0.717, 1.165) is 44.6 Å². The van der Waals surface area contributed by atoms with Gasteiger partial charge in [-0.1, -0.05) is 109 Å². The first-order valence-electron chi connectivity index (χ1n) is 21.7. The molecule has 0 saturated heterocycles. The SMILES string of the molecule is CCCCCCCCCCCC(=O)N[C@H](C(=O)O)[C@@H]1NC(=O)[C@H](Cc2ccccc2)NC(=O)[C@H](NC(=O)[C@H](N)CC(C)C)Cc2ccc(c([N+](=O)[O-])c2)Oc2cc1cc(O)c2OC.Cl. The second kappa shape index (κ2) is 26.0. The van der Waals surface area contributed by atoms with Gasteiger partial charge in [-0.2, -0.15) is 0 Å². The van der Waals surface area contributed by atoms with Gasteiger partial charge in [0.1, 0.15) is 12.1 Å². The number of aliphatic carboxylic acids is 1. The summed E-state index contributed by atoms with van der Waals surface area (Å²) in [5.74, 6) is -5.91. The number of nitro benzene ring substituents is 1. The normalized spacial score (nSPS) is 17.2. The van der Waals surface area contributed by atoms with Gasteiger partial charge in [-0.15, -0.1) is 12.4 Å². The summed E-state index contributed by atoms with van der Waals surface area (Å²) in [6.45, 7) is 5.91. The maximum Gasteiger partial charge on any atom is 0.328 e. The maximum atomic E-state index is 14.6. The molecule has 5 rings (SSSR count). The minimum atomic E-state index is -1.84. The number of halogens is 1. The van der Waals surface area contributed by atoms with E-state index in [0.29, 0.717) is 12.0 Å². The van der Waals surface area contributed by atoms with Crippen molar-refractivity contribution < 1.29 is 48.6 Å². The topological polar surface area (TPSA) is 262 Å². The largest absolute Gasteiger partial charge is 0.504 e. The molecule has 0 spiro atoms. The first-order valence-corrected chi connectivity index (χ1v) is 21.7. The number of benzene rings is 3. The molecule has 2 heterocycles. The monoisotopic (exact) mass is 910 g/mol. The Balaban J connectivity index is 0.0000109. The molecule has 64 heavy (non-hydrogen) atoms. The summed E-state index contributed by atoms with van der Waals surface area (Å²) in [6, 6.07) is 7.64. The van der Waals surface area contributed by atoms with Crippen LogP contribution in [0.1, 0.15) is 114 Å². The van der Waals surface area contributed by atoms with Gasteiger partial charge in [-0.3, -0.25) is 29.3 Å². The molecule has 3 aromatic rings. The Kier molecular flexibility index (Phi) is 21.3. The maximum absolute atomic E-state index is 14.6. The molecule has 4 bridgehead atoms. The van der Waals surface area contributed by atoms with Crippen LogP contribution < -0.4 is 36.5 Å². The molecule has 8 N–H and O–H groups in total. The molecule has 0 aromatic heterocycles. The Morgan fingerprint density at radius 1 is 0.938 bits per heavy atom. The minimum absolute atomic E-state index is 0. The molecular formula is C46H63ClN6O11. The average molecular weight is 911 g/mol. The fraction of sp³-hybridized carbons (Fsp3) is 0.500. The van der Waals surface area contributed by atoms with Crippen LogP contribution in [-0.4, -0.2) is 76.0 Å². The number of hydrogen-bond acceptors (Lipinski definition) is 11. The third-order valence-corrected chi connectivity index (χ3v) is 10.8. The summed E-state index contributed by atoms with van der Waals surface area (Å²) in [5.41, 5.74) is 6.40. The predicted molar refractivity (Wildman–Crippen MR) is 243 cm³/mol. The number of rotatable bonds is 21. The first-order chi connectivity index (χ1) is 30.1. The third-order valence-electron chi connectivity index (χ3n) is 10.8. The predicted octanol–water partition coefficient (Wildman–Crippen LogP) is 6.31. The lowest BCUT2D eigenvalue weighted by Gasteiger charge is -2.30. The molecule has 0 aliphatic carbocycles. The van der Waals surface area contributed by atoms with E-state index in [1.807, 2.05) is 13.8 Å². The molecule has 4 amide bonds. The fourth-order valence-corrected chi connectivity index (χ4v) is 7.52. The number of nitro groups is 1. The number of fused-ring (bicyclic) bond motifs is 9. The molecule has 350 valence electrons. The highest BCUT2D eigenvalue weighted by atomic mass is 35.5. The number of phenols is 1. The third kappa shape index (κ3) is 15.7. The summed E-state index contributed by atoms with van der Waals surface area (Å²) < 4.78 is 11.4. The Morgan fingerprint density at radius 2 is 1.59 bits per heavy atom. The fourth-order valence-electron chi connectivity index (χ4n) is 7.52. The Morgan fingerprint density at radius 3 is 2.20 bits per heavy atom. The molecule has 18 heteroatoms. The Labute approximate surface area is 380 Å². The van der Waals surface area contributed by atoms with E-state index in [1.54, 1.807) is 30.3 Å². The van der Waals surface area contributed by atoms with E-state index < -0.39 is 76.2 Å². The number of nitrogens with one attached hydrogen (secondary N) is 4. The van der Waals surface area contributed by atoms with Crippen LogP contribution in [0.25, 0.3) is 0 Å². The molecule has 0 radical (unpaired) electrons. The van der Waals surface area contributed by atoms with Crippen LogP contribution in [0.5, 0.6) is 23.0 Å². The van der Waals surface area contributed by atoms with Gasteiger partial charge in [0.2, 0.25) is 35.1 Å². The summed E-state index contributed by atoms with van der Waals surface area (Å²) in [5, 5.41) is 45.0. The number of ether oxygens (including phenoxy) is 2. The van der Waals surface area contributed by atoms with Crippen molar-refractivity contribution in [2.45, 2.75) is 134 Å².